The highest BCUT2D eigenvalue weighted by atomic mass is 35.5. The Balaban J connectivity index is 0.00000312. The number of benzene rings is 2. The van der Waals surface area contributed by atoms with Gasteiger partial charge in [0.05, 0.1) is 0 Å². The zero-order valence-corrected chi connectivity index (χ0v) is 14.0. The van der Waals surface area contributed by atoms with Gasteiger partial charge in [-0.2, -0.15) is 0 Å². The molecule has 0 unspecified atom stereocenters. The molecule has 136 valence electrons. The van der Waals surface area contributed by atoms with E-state index in [4.69, 9.17) is 5.73 Å². The van der Waals surface area contributed by atoms with Crippen LogP contribution in [0.3, 0.4) is 0 Å². The van der Waals surface area contributed by atoms with Crippen molar-refractivity contribution in [2.45, 2.75) is 19.3 Å². The van der Waals surface area contributed by atoms with E-state index in [2.05, 4.69) is 10.1 Å². The zero-order chi connectivity index (χ0) is 17.6. The standard InChI is InChI=1S/C17H17F3N2O2.ClH/c18-17(19,20)24-15-7-5-14(6-8-15)13-3-1-12(2-4-13)11-22-16(23)9-10-21;/h1-8H,9-11,21H2,(H,22,23);1H. The van der Waals surface area contributed by atoms with Crippen molar-refractivity contribution in [3.63, 3.8) is 0 Å². The Morgan fingerprint density at radius 2 is 1.52 bits per heavy atom. The van der Waals surface area contributed by atoms with Crippen LogP contribution in [-0.4, -0.2) is 18.8 Å². The summed E-state index contributed by atoms with van der Waals surface area (Å²) >= 11 is 0. The molecule has 2 aromatic carbocycles. The average Bonchev–Trinajstić information content (AvgIpc) is 2.53. The fourth-order valence-corrected chi connectivity index (χ4v) is 2.08. The van der Waals surface area contributed by atoms with Crippen LogP contribution in [0.15, 0.2) is 48.5 Å². The first kappa shape index (κ1) is 20.8. The molecule has 0 aromatic heterocycles. The van der Waals surface area contributed by atoms with Gasteiger partial charge in [0.2, 0.25) is 5.91 Å². The number of hydrogen-bond acceptors (Lipinski definition) is 3. The predicted molar refractivity (Wildman–Crippen MR) is 91.3 cm³/mol. The van der Waals surface area contributed by atoms with Crippen molar-refractivity contribution in [1.29, 1.82) is 0 Å². The van der Waals surface area contributed by atoms with Gasteiger partial charge in [-0.15, -0.1) is 25.6 Å². The highest BCUT2D eigenvalue weighted by Crippen LogP contribution is 2.26. The molecule has 0 aliphatic carbocycles. The number of nitrogens with one attached hydrogen (secondary N) is 1. The van der Waals surface area contributed by atoms with Gasteiger partial charge in [0.15, 0.2) is 0 Å². The Morgan fingerprint density at radius 1 is 1.00 bits per heavy atom. The first-order valence-electron chi connectivity index (χ1n) is 7.29. The highest BCUT2D eigenvalue weighted by molar-refractivity contribution is 5.85. The van der Waals surface area contributed by atoms with Crippen molar-refractivity contribution in [2.75, 3.05) is 6.54 Å². The number of alkyl halides is 3. The number of rotatable bonds is 6. The van der Waals surface area contributed by atoms with E-state index in [1.807, 2.05) is 24.3 Å². The van der Waals surface area contributed by atoms with E-state index >= 15 is 0 Å². The summed E-state index contributed by atoms with van der Waals surface area (Å²) in [6.07, 6.45) is -4.41. The van der Waals surface area contributed by atoms with Crippen LogP contribution in [0.4, 0.5) is 13.2 Å². The Kier molecular flexibility index (Phi) is 7.73. The van der Waals surface area contributed by atoms with Crippen LogP contribution in [0, 0.1) is 0 Å². The Morgan fingerprint density at radius 3 is 2.00 bits per heavy atom. The molecule has 0 atom stereocenters. The van der Waals surface area contributed by atoms with Crippen molar-refractivity contribution < 1.29 is 22.7 Å². The van der Waals surface area contributed by atoms with E-state index in [0.29, 0.717) is 13.1 Å². The van der Waals surface area contributed by atoms with Gasteiger partial charge in [-0.3, -0.25) is 4.79 Å². The van der Waals surface area contributed by atoms with Gasteiger partial charge in [-0.25, -0.2) is 0 Å². The average molecular weight is 375 g/mol. The van der Waals surface area contributed by atoms with E-state index in [-0.39, 0.29) is 30.5 Å². The zero-order valence-electron chi connectivity index (χ0n) is 13.2. The molecule has 0 heterocycles. The molecular formula is C17H18ClF3N2O2. The lowest BCUT2D eigenvalue weighted by atomic mass is 10.0. The van der Waals surface area contributed by atoms with Gasteiger partial charge < -0.3 is 15.8 Å². The molecule has 2 aromatic rings. The first-order valence-corrected chi connectivity index (χ1v) is 7.29. The van der Waals surface area contributed by atoms with Crippen LogP contribution in [-0.2, 0) is 11.3 Å². The summed E-state index contributed by atoms with van der Waals surface area (Å²) in [6, 6.07) is 13.0. The Labute approximate surface area is 149 Å². The highest BCUT2D eigenvalue weighted by Gasteiger charge is 2.30. The monoisotopic (exact) mass is 374 g/mol. The third-order valence-corrected chi connectivity index (χ3v) is 3.24. The molecule has 4 nitrogen and oxygen atoms in total. The first-order chi connectivity index (χ1) is 11.4. The number of halogens is 4. The molecule has 2 rings (SSSR count). The van der Waals surface area contributed by atoms with E-state index in [0.717, 1.165) is 16.7 Å². The van der Waals surface area contributed by atoms with Crippen molar-refractivity contribution in [1.82, 2.24) is 5.32 Å². The number of hydrogen-bond donors (Lipinski definition) is 2. The smallest absolute Gasteiger partial charge is 0.406 e. The maximum absolute atomic E-state index is 12.1. The second kappa shape index (κ2) is 9.29. The third-order valence-electron chi connectivity index (χ3n) is 3.24. The van der Waals surface area contributed by atoms with Gasteiger partial charge in [0, 0.05) is 19.5 Å². The Hall–Kier alpha value is -2.25. The largest absolute Gasteiger partial charge is 0.573 e. The molecule has 0 fully saturated rings. The van der Waals surface area contributed by atoms with Crippen LogP contribution < -0.4 is 15.8 Å². The Bertz CT molecular complexity index is 674. The number of carbonyl (C=O) groups excluding carboxylic acids is 1. The maximum Gasteiger partial charge on any atom is 0.573 e. The second-order valence-electron chi connectivity index (χ2n) is 5.08. The summed E-state index contributed by atoms with van der Waals surface area (Å²) in [6.45, 7) is 0.705. The molecule has 1 amide bonds. The minimum absolute atomic E-state index is 0. The summed E-state index contributed by atoms with van der Waals surface area (Å²) < 4.78 is 40.2. The van der Waals surface area contributed by atoms with Crippen LogP contribution in [0.1, 0.15) is 12.0 Å². The molecule has 3 N–H and O–H groups in total. The minimum Gasteiger partial charge on any atom is -0.406 e. The molecule has 8 heteroatoms. The van der Waals surface area contributed by atoms with Gasteiger partial charge >= 0.3 is 6.36 Å². The fourth-order valence-electron chi connectivity index (χ4n) is 2.08. The molecule has 0 aliphatic rings. The number of nitrogens with two attached hydrogens (primary N) is 1. The normalized spacial score (nSPS) is 10.7. The summed E-state index contributed by atoms with van der Waals surface area (Å²) in [4.78, 5) is 11.4. The molecule has 0 aliphatic heterocycles. The summed E-state index contributed by atoms with van der Waals surface area (Å²) in [7, 11) is 0. The predicted octanol–water partition coefficient (Wildman–Crippen LogP) is 3.64. The van der Waals surface area contributed by atoms with Crippen molar-refractivity contribution in [3.8, 4) is 16.9 Å². The molecule has 25 heavy (non-hydrogen) atoms. The van der Waals surface area contributed by atoms with Gasteiger partial charge in [-0.05, 0) is 28.8 Å². The van der Waals surface area contributed by atoms with E-state index in [1.165, 1.54) is 12.1 Å². The van der Waals surface area contributed by atoms with Crippen LogP contribution in [0.25, 0.3) is 11.1 Å². The van der Waals surface area contributed by atoms with Crippen LogP contribution >= 0.6 is 12.4 Å². The lowest BCUT2D eigenvalue weighted by molar-refractivity contribution is -0.274. The summed E-state index contributed by atoms with van der Waals surface area (Å²) in [5, 5.41) is 2.75. The minimum atomic E-state index is -4.70. The number of carbonyl (C=O) groups is 1. The van der Waals surface area contributed by atoms with Crippen LogP contribution in [0.5, 0.6) is 5.75 Å². The molecule has 0 bridgehead atoms. The topological polar surface area (TPSA) is 64.4 Å². The third kappa shape index (κ3) is 7.03. The van der Waals surface area contributed by atoms with Gasteiger partial charge in [-0.1, -0.05) is 36.4 Å². The van der Waals surface area contributed by atoms with E-state index in [9.17, 15) is 18.0 Å². The van der Waals surface area contributed by atoms with E-state index < -0.39 is 6.36 Å². The van der Waals surface area contributed by atoms with E-state index in [1.54, 1.807) is 12.1 Å². The van der Waals surface area contributed by atoms with Crippen molar-refractivity contribution >= 4 is 18.3 Å². The summed E-state index contributed by atoms with van der Waals surface area (Å²) in [5.41, 5.74) is 7.83. The van der Waals surface area contributed by atoms with Crippen LogP contribution in [0.2, 0.25) is 0 Å². The molecule has 0 radical (unpaired) electrons. The quantitative estimate of drug-likeness (QED) is 0.811. The molecular weight excluding hydrogens is 357 g/mol. The SMILES string of the molecule is Cl.NCCC(=O)NCc1ccc(-c2ccc(OC(F)(F)F)cc2)cc1. The van der Waals surface area contributed by atoms with Crippen molar-refractivity contribution in [3.05, 3.63) is 54.1 Å². The second-order valence-corrected chi connectivity index (χ2v) is 5.08. The number of amides is 1. The molecule has 0 saturated carbocycles. The molecule has 0 saturated heterocycles. The maximum atomic E-state index is 12.1. The molecule has 0 spiro atoms. The lowest BCUT2D eigenvalue weighted by Crippen LogP contribution is -2.24. The number of ether oxygens (including phenoxy) is 1. The lowest BCUT2D eigenvalue weighted by Gasteiger charge is -2.10. The van der Waals surface area contributed by atoms with Gasteiger partial charge in [0.1, 0.15) is 5.75 Å². The fraction of sp³-hybridized carbons (Fsp3) is 0.235. The van der Waals surface area contributed by atoms with Gasteiger partial charge in [0.25, 0.3) is 0 Å². The van der Waals surface area contributed by atoms with Crippen molar-refractivity contribution in [2.24, 2.45) is 5.73 Å². The summed E-state index contributed by atoms with van der Waals surface area (Å²) in [5.74, 6) is -0.368.